The third kappa shape index (κ3) is 2.43. The number of aldehydes is 1. The van der Waals surface area contributed by atoms with Gasteiger partial charge < -0.3 is 0 Å². The summed E-state index contributed by atoms with van der Waals surface area (Å²) < 4.78 is 0. The summed E-state index contributed by atoms with van der Waals surface area (Å²) in [6.45, 7) is 0. The summed E-state index contributed by atoms with van der Waals surface area (Å²) >= 11 is 0. The van der Waals surface area contributed by atoms with E-state index in [-0.39, 0.29) is 16.5 Å². The number of carbonyl (C=O) groups excluding carboxylic acids is 1. The third-order valence-corrected chi connectivity index (χ3v) is 0.936. The van der Waals surface area contributed by atoms with Gasteiger partial charge in [0.2, 0.25) is 0 Å². The quantitative estimate of drug-likeness (QED) is 0.455. The summed E-state index contributed by atoms with van der Waals surface area (Å²) in [5.74, 6) is 0. The largest absolute Gasteiger partial charge is 0.298 e. The molecular weight excluding hydrogens is 159 g/mol. The third-order valence-electron chi connectivity index (χ3n) is 0.936. The Morgan fingerprint density at radius 1 is 1.11 bits per heavy atom. The van der Waals surface area contributed by atoms with Crippen LogP contribution >= 0.6 is 0 Å². The summed E-state index contributed by atoms with van der Waals surface area (Å²) in [5, 5.41) is 0. The number of carbonyl (C=O) groups is 1. The molecule has 0 atom stereocenters. The molecule has 1 aromatic rings. The van der Waals surface area contributed by atoms with Gasteiger partial charge in [-0.05, 0) is 0 Å². The van der Waals surface area contributed by atoms with Gasteiger partial charge in [-0.25, -0.2) is 0 Å². The minimum Gasteiger partial charge on any atom is -0.298 e. The second-order valence-electron chi connectivity index (χ2n) is 1.53. The van der Waals surface area contributed by atoms with Crippen molar-refractivity contribution in [1.82, 2.24) is 0 Å². The molecule has 0 fully saturated rings. The molecule has 0 spiro atoms. The van der Waals surface area contributed by atoms with Crippen molar-refractivity contribution in [3.05, 3.63) is 35.9 Å². The first kappa shape index (κ1) is 8.38. The van der Waals surface area contributed by atoms with E-state index < -0.39 is 0 Å². The molecule has 2 heteroatoms. The molecule has 0 aromatic heterocycles. The summed E-state index contributed by atoms with van der Waals surface area (Å²) in [5.41, 5.74) is 0.729. The minimum atomic E-state index is 0. The molecule has 9 heavy (non-hydrogen) atoms. The van der Waals surface area contributed by atoms with Gasteiger partial charge in [-0.15, -0.1) is 0 Å². The first-order valence-corrected chi connectivity index (χ1v) is 2.44. The van der Waals surface area contributed by atoms with E-state index >= 15 is 0 Å². The summed E-state index contributed by atoms with van der Waals surface area (Å²) in [6, 6.07) is 9.10. The molecule has 0 amide bonds. The van der Waals surface area contributed by atoms with Crippen molar-refractivity contribution in [3.8, 4) is 0 Å². The van der Waals surface area contributed by atoms with Crippen molar-refractivity contribution in [2.45, 2.75) is 0 Å². The Morgan fingerprint density at radius 3 is 2.00 bits per heavy atom. The predicted molar refractivity (Wildman–Crippen MR) is 31.8 cm³/mol. The van der Waals surface area contributed by atoms with Crippen molar-refractivity contribution in [3.63, 3.8) is 0 Å². The zero-order chi connectivity index (χ0) is 5.82. The number of benzene rings is 1. The van der Waals surface area contributed by atoms with Gasteiger partial charge in [-0.3, -0.25) is 4.79 Å². The topological polar surface area (TPSA) is 17.1 Å². The molecule has 0 aliphatic rings. The van der Waals surface area contributed by atoms with Crippen molar-refractivity contribution < 1.29 is 21.3 Å². The van der Waals surface area contributed by atoms with Crippen LogP contribution < -0.4 is 0 Å². The smallest absolute Gasteiger partial charge is 0.150 e. The molecular formula is C7H6NiO. The molecule has 0 saturated carbocycles. The van der Waals surface area contributed by atoms with Gasteiger partial charge in [0.15, 0.2) is 0 Å². The fourth-order valence-corrected chi connectivity index (χ4v) is 0.532. The van der Waals surface area contributed by atoms with Crippen LogP contribution in [0.25, 0.3) is 0 Å². The fraction of sp³-hybridized carbons (Fsp3) is 0. The maximum Gasteiger partial charge on any atom is 0.150 e. The fourth-order valence-electron chi connectivity index (χ4n) is 0.532. The zero-order valence-corrected chi connectivity index (χ0v) is 5.68. The monoisotopic (exact) mass is 164 g/mol. The maximum absolute atomic E-state index is 10.0. The number of rotatable bonds is 1. The van der Waals surface area contributed by atoms with Crippen LogP contribution in [0.1, 0.15) is 10.4 Å². The van der Waals surface area contributed by atoms with E-state index in [1.807, 2.05) is 18.2 Å². The number of hydrogen-bond acceptors (Lipinski definition) is 1. The maximum atomic E-state index is 10.0. The van der Waals surface area contributed by atoms with E-state index in [4.69, 9.17) is 0 Å². The summed E-state index contributed by atoms with van der Waals surface area (Å²) in [7, 11) is 0. The summed E-state index contributed by atoms with van der Waals surface area (Å²) in [4.78, 5) is 10.0. The van der Waals surface area contributed by atoms with E-state index in [9.17, 15) is 4.79 Å². The van der Waals surface area contributed by atoms with Crippen LogP contribution in [0.3, 0.4) is 0 Å². The molecule has 0 aliphatic heterocycles. The first-order valence-electron chi connectivity index (χ1n) is 2.44. The summed E-state index contributed by atoms with van der Waals surface area (Å²) in [6.07, 6.45) is 0.833. The average Bonchev–Trinajstić information content (AvgIpc) is 1.90. The van der Waals surface area contributed by atoms with Gasteiger partial charge >= 0.3 is 0 Å². The van der Waals surface area contributed by atoms with Gasteiger partial charge in [-0.1, -0.05) is 30.3 Å². The van der Waals surface area contributed by atoms with Crippen LogP contribution in [0.15, 0.2) is 30.3 Å². The minimum absolute atomic E-state index is 0. The molecule has 0 unspecified atom stereocenters. The molecule has 50 valence electrons. The molecule has 0 heterocycles. The van der Waals surface area contributed by atoms with Crippen LogP contribution in [0.4, 0.5) is 0 Å². The van der Waals surface area contributed by atoms with Gasteiger partial charge in [0.25, 0.3) is 0 Å². The molecule has 0 N–H and O–H groups in total. The van der Waals surface area contributed by atoms with Gasteiger partial charge in [0.05, 0.1) is 0 Å². The van der Waals surface area contributed by atoms with E-state index in [0.717, 1.165) is 11.8 Å². The van der Waals surface area contributed by atoms with Crippen LogP contribution in [-0.2, 0) is 16.5 Å². The Balaban J connectivity index is 0.000000640. The van der Waals surface area contributed by atoms with E-state index in [2.05, 4.69) is 0 Å². The number of hydrogen-bond donors (Lipinski definition) is 0. The van der Waals surface area contributed by atoms with E-state index in [0.29, 0.717) is 0 Å². The second kappa shape index (κ2) is 4.28. The van der Waals surface area contributed by atoms with Crippen LogP contribution in [0, 0.1) is 0 Å². The molecule has 0 bridgehead atoms. The standard InChI is InChI=1S/C7H6O.Ni/c8-6-7-4-2-1-3-5-7;/h1-6H;. The van der Waals surface area contributed by atoms with Gasteiger partial charge in [0.1, 0.15) is 6.29 Å². The van der Waals surface area contributed by atoms with E-state index in [1.54, 1.807) is 12.1 Å². The Hall–Kier alpha value is -0.616. The van der Waals surface area contributed by atoms with Gasteiger partial charge in [0, 0.05) is 22.1 Å². The normalized spacial score (nSPS) is 7.56. The molecule has 0 radical (unpaired) electrons. The van der Waals surface area contributed by atoms with E-state index in [1.165, 1.54) is 0 Å². The molecule has 1 rings (SSSR count). The molecule has 1 aromatic carbocycles. The Kier molecular flexibility index (Phi) is 3.99. The van der Waals surface area contributed by atoms with Crippen molar-refractivity contribution in [1.29, 1.82) is 0 Å². The Bertz CT molecular complexity index is 172. The van der Waals surface area contributed by atoms with Crippen molar-refractivity contribution in [2.75, 3.05) is 0 Å². The van der Waals surface area contributed by atoms with Gasteiger partial charge in [-0.2, -0.15) is 0 Å². The molecule has 1 nitrogen and oxygen atoms in total. The van der Waals surface area contributed by atoms with Crippen molar-refractivity contribution in [2.24, 2.45) is 0 Å². The Labute approximate surface area is 64.0 Å². The predicted octanol–water partition coefficient (Wildman–Crippen LogP) is 1.50. The molecule has 0 aliphatic carbocycles. The van der Waals surface area contributed by atoms with Crippen LogP contribution in [-0.4, -0.2) is 6.29 Å². The second-order valence-corrected chi connectivity index (χ2v) is 1.53. The Morgan fingerprint density at radius 2 is 1.67 bits per heavy atom. The first-order chi connectivity index (χ1) is 3.93. The molecule has 0 saturated heterocycles. The van der Waals surface area contributed by atoms with Crippen molar-refractivity contribution >= 4 is 6.29 Å². The SMILES string of the molecule is O=Cc1ccccc1.[Ni]. The van der Waals surface area contributed by atoms with Crippen LogP contribution in [0.2, 0.25) is 0 Å². The zero-order valence-electron chi connectivity index (χ0n) is 4.69. The average molecular weight is 165 g/mol. The van der Waals surface area contributed by atoms with Crippen LogP contribution in [0.5, 0.6) is 0 Å².